The Balaban J connectivity index is 1.37. The Kier molecular flexibility index (Phi) is 4.76. The third-order valence-electron chi connectivity index (χ3n) is 5.20. The van der Waals surface area contributed by atoms with Crippen molar-refractivity contribution in [1.29, 1.82) is 0 Å². The molecule has 0 aliphatic carbocycles. The zero-order valence-electron chi connectivity index (χ0n) is 15.2. The molecule has 0 unspecified atom stereocenters. The maximum atomic E-state index is 14.3. The van der Waals surface area contributed by atoms with Crippen LogP contribution in [-0.4, -0.2) is 40.2 Å². The van der Waals surface area contributed by atoms with Crippen LogP contribution in [0.4, 0.5) is 4.39 Å². The van der Waals surface area contributed by atoms with Crippen molar-refractivity contribution in [3.05, 3.63) is 47.2 Å². The Morgan fingerprint density at radius 1 is 1.38 bits per heavy atom. The first kappa shape index (κ1) is 17.2. The first-order valence-electron chi connectivity index (χ1n) is 9.23. The number of aryl methyl sites for hydroxylation is 1. The molecule has 2 aromatic rings. The molecule has 5 nitrogen and oxygen atoms in total. The molecule has 2 atom stereocenters. The van der Waals surface area contributed by atoms with E-state index in [1.807, 2.05) is 19.1 Å². The number of hydrogen-bond acceptors (Lipinski definition) is 5. The monoisotopic (exact) mass is 357 g/mol. The van der Waals surface area contributed by atoms with Gasteiger partial charge in [0.15, 0.2) is 0 Å². The van der Waals surface area contributed by atoms with Crippen molar-refractivity contribution in [2.24, 2.45) is 0 Å². The van der Waals surface area contributed by atoms with E-state index >= 15 is 0 Å². The zero-order chi connectivity index (χ0) is 18.1. The van der Waals surface area contributed by atoms with E-state index in [0.717, 1.165) is 42.8 Å². The molecule has 0 aromatic carbocycles. The Morgan fingerprint density at radius 2 is 2.27 bits per heavy atom. The van der Waals surface area contributed by atoms with Gasteiger partial charge in [0.1, 0.15) is 17.7 Å². The third-order valence-corrected chi connectivity index (χ3v) is 5.20. The molecule has 0 bridgehead atoms. The number of fused-ring (bicyclic) bond motifs is 1. The standard InChI is InChI=1S/C20H24FN3O2/c1-13-3-4-17(11-22-13)26-16-5-7-24(14(2)9-16)12-19-18(21)10-15-6-8-25-20(15)23-19/h3-4,10-11,14,16H,5-9,12H2,1-2H3/t14-,16-/m0/s1. The minimum atomic E-state index is -0.231. The average Bonchev–Trinajstić information content (AvgIpc) is 3.06. The molecule has 0 spiro atoms. The molecule has 2 aromatic heterocycles. The maximum Gasteiger partial charge on any atom is 0.217 e. The van der Waals surface area contributed by atoms with Crippen molar-refractivity contribution in [2.45, 2.75) is 51.8 Å². The van der Waals surface area contributed by atoms with E-state index in [2.05, 4.69) is 21.8 Å². The second kappa shape index (κ2) is 7.19. The van der Waals surface area contributed by atoms with Crippen LogP contribution in [0.1, 0.15) is 36.7 Å². The van der Waals surface area contributed by atoms with Gasteiger partial charge in [-0.3, -0.25) is 9.88 Å². The second-order valence-electron chi connectivity index (χ2n) is 7.20. The molecule has 6 heteroatoms. The number of pyridine rings is 2. The SMILES string of the molecule is Cc1ccc(O[C@H]2CCN(Cc3nc4c(cc3F)CCO4)[C@@H](C)C2)cn1. The van der Waals surface area contributed by atoms with E-state index in [1.54, 1.807) is 12.3 Å². The quantitative estimate of drug-likeness (QED) is 0.840. The van der Waals surface area contributed by atoms with Crippen molar-refractivity contribution in [2.75, 3.05) is 13.2 Å². The zero-order valence-corrected chi connectivity index (χ0v) is 15.2. The van der Waals surface area contributed by atoms with E-state index in [-0.39, 0.29) is 11.9 Å². The summed E-state index contributed by atoms with van der Waals surface area (Å²) >= 11 is 0. The van der Waals surface area contributed by atoms with Gasteiger partial charge in [0, 0.05) is 36.8 Å². The Labute approximate surface area is 153 Å². The predicted molar refractivity (Wildman–Crippen MR) is 95.9 cm³/mol. The summed E-state index contributed by atoms with van der Waals surface area (Å²) in [6, 6.07) is 5.79. The summed E-state index contributed by atoms with van der Waals surface area (Å²) < 4.78 is 25.9. The lowest BCUT2D eigenvalue weighted by atomic mass is 10.00. The average molecular weight is 357 g/mol. The Hall–Kier alpha value is -2.21. The van der Waals surface area contributed by atoms with Gasteiger partial charge in [-0.15, -0.1) is 0 Å². The molecular weight excluding hydrogens is 333 g/mol. The molecule has 0 radical (unpaired) electrons. The smallest absolute Gasteiger partial charge is 0.217 e. The van der Waals surface area contributed by atoms with Crippen molar-refractivity contribution >= 4 is 0 Å². The predicted octanol–water partition coefficient (Wildman–Crippen LogP) is 3.29. The molecule has 0 amide bonds. The number of likely N-dealkylation sites (tertiary alicyclic amines) is 1. The molecule has 1 fully saturated rings. The fourth-order valence-corrected chi connectivity index (χ4v) is 3.65. The summed E-state index contributed by atoms with van der Waals surface area (Å²) in [7, 11) is 0. The number of ether oxygens (including phenoxy) is 2. The fourth-order valence-electron chi connectivity index (χ4n) is 3.65. The lowest BCUT2D eigenvalue weighted by Crippen LogP contribution is -2.44. The number of aromatic nitrogens is 2. The van der Waals surface area contributed by atoms with Gasteiger partial charge in [0.2, 0.25) is 5.88 Å². The molecule has 1 saturated heterocycles. The minimum absolute atomic E-state index is 0.159. The first-order valence-corrected chi connectivity index (χ1v) is 9.23. The van der Waals surface area contributed by atoms with Crippen molar-refractivity contribution in [3.8, 4) is 11.6 Å². The van der Waals surface area contributed by atoms with Crippen LogP contribution in [-0.2, 0) is 13.0 Å². The summed E-state index contributed by atoms with van der Waals surface area (Å²) in [6.45, 7) is 6.07. The molecule has 4 rings (SSSR count). The van der Waals surface area contributed by atoms with Crippen LogP contribution in [0, 0.1) is 12.7 Å². The number of piperidine rings is 1. The number of halogens is 1. The van der Waals surface area contributed by atoms with Gasteiger partial charge in [-0.2, -0.15) is 0 Å². The summed E-state index contributed by atoms with van der Waals surface area (Å²) in [5.74, 6) is 1.18. The highest BCUT2D eigenvalue weighted by atomic mass is 19.1. The van der Waals surface area contributed by atoms with Gasteiger partial charge >= 0.3 is 0 Å². The topological polar surface area (TPSA) is 47.5 Å². The molecule has 138 valence electrons. The highest BCUT2D eigenvalue weighted by Gasteiger charge is 2.28. The van der Waals surface area contributed by atoms with Crippen LogP contribution in [0.5, 0.6) is 11.6 Å². The van der Waals surface area contributed by atoms with E-state index in [1.165, 1.54) is 0 Å². The van der Waals surface area contributed by atoms with Crippen molar-refractivity contribution < 1.29 is 13.9 Å². The van der Waals surface area contributed by atoms with Gasteiger partial charge in [-0.25, -0.2) is 9.37 Å². The van der Waals surface area contributed by atoms with Gasteiger partial charge in [-0.05, 0) is 44.9 Å². The Bertz CT molecular complexity index is 781. The summed E-state index contributed by atoms with van der Waals surface area (Å²) in [5, 5.41) is 0. The normalized spacial score (nSPS) is 22.7. The summed E-state index contributed by atoms with van der Waals surface area (Å²) in [5.41, 5.74) is 2.33. The van der Waals surface area contributed by atoms with Gasteiger partial charge in [0.25, 0.3) is 0 Å². The van der Waals surface area contributed by atoms with Crippen molar-refractivity contribution in [1.82, 2.24) is 14.9 Å². The summed E-state index contributed by atoms with van der Waals surface area (Å²) in [4.78, 5) is 10.9. The molecule has 0 saturated carbocycles. The van der Waals surface area contributed by atoms with Gasteiger partial charge in [0.05, 0.1) is 18.5 Å². The third kappa shape index (κ3) is 3.65. The number of nitrogens with zero attached hydrogens (tertiary/aromatic N) is 3. The second-order valence-corrected chi connectivity index (χ2v) is 7.20. The number of rotatable bonds is 4. The van der Waals surface area contributed by atoms with E-state index < -0.39 is 0 Å². The maximum absolute atomic E-state index is 14.3. The Morgan fingerprint density at radius 3 is 3.04 bits per heavy atom. The van der Waals surface area contributed by atoms with E-state index in [4.69, 9.17) is 9.47 Å². The summed E-state index contributed by atoms with van der Waals surface area (Å²) in [6.07, 6.45) is 4.48. The molecule has 4 heterocycles. The lowest BCUT2D eigenvalue weighted by molar-refractivity contribution is 0.0568. The van der Waals surface area contributed by atoms with Crippen LogP contribution < -0.4 is 9.47 Å². The largest absolute Gasteiger partial charge is 0.489 e. The van der Waals surface area contributed by atoms with Gasteiger partial charge < -0.3 is 9.47 Å². The van der Waals surface area contributed by atoms with Crippen LogP contribution in [0.2, 0.25) is 0 Å². The minimum Gasteiger partial charge on any atom is -0.489 e. The van der Waals surface area contributed by atoms with E-state index in [9.17, 15) is 4.39 Å². The molecule has 26 heavy (non-hydrogen) atoms. The van der Waals surface area contributed by atoms with Gasteiger partial charge in [-0.1, -0.05) is 0 Å². The fraction of sp³-hybridized carbons (Fsp3) is 0.500. The van der Waals surface area contributed by atoms with Crippen LogP contribution in [0.15, 0.2) is 24.4 Å². The highest BCUT2D eigenvalue weighted by molar-refractivity contribution is 5.32. The lowest BCUT2D eigenvalue weighted by Gasteiger charge is -2.37. The molecular formula is C20H24FN3O2. The van der Waals surface area contributed by atoms with Crippen LogP contribution in [0.3, 0.4) is 0 Å². The molecule has 2 aliphatic rings. The first-order chi connectivity index (χ1) is 12.6. The highest BCUT2D eigenvalue weighted by Crippen LogP contribution is 2.28. The number of hydrogen-bond donors (Lipinski definition) is 0. The molecule has 0 N–H and O–H groups in total. The van der Waals surface area contributed by atoms with E-state index in [0.29, 0.717) is 30.8 Å². The molecule has 2 aliphatic heterocycles. The van der Waals surface area contributed by atoms with Crippen LogP contribution in [0.25, 0.3) is 0 Å². The van der Waals surface area contributed by atoms with Crippen LogP contribution >= 0.6 is 0 Å². The van der Waals surface area contributed by atoms with Crippen molar-refractivity contribution in [3.63, 3.8) is 0 Å².